The molecule has 19 heavy (non-hydrogen) atoms. The first-order valence-electron chi connectivity index (χ1n) is 5.92. The Morgan fingerprint density at radius 2 is 1.79 bits per heavy atom. The molecule has 2 N–H and O–H groups in total. The standard InChI is InChI=1S/C15H14ClNO2/c16-13-7-5-11(6-8-13)9-12-3-1-2-4-14(12)17-15(19)10-18/h1-8,18H,9-10H2,(H,17,19). The summed E-state index contributed by atoms with van der Waals surface area (Å²) in [5.41, 5.74) is 2.82. The van der Waals surface area contributed by atoms with Crippen LogP contribution in [0.15, 0.2) is 48.5 Å². The third-order valence-electron chi connectivity index (χ3n) is 2.74. The molecule has 0 atom stereocenters. The molecular formula is C15H14ClNO2. The highest BCUT2D eigenvalue weighted by Crippen LogP contribution is 2.20. The highest BCUT2D eigenvalue weighted by atomic mass is 35.5. The second-order valence-corrected chi connectivity index (χ2v) is 4.60. The van der Waals surface area contributed by atoms with Crippen LogP contribution in [0, 0.1) is 0 Å². The van der Waals surface area contributed by atoms with Gasteiger partial charge in [-0.3, -0.25) is 4.79 Å². The summed E-state index contributed by atoms with van der Waals surface area (Å²) in [5, 5.41) is 12.2. The van der Waals surface area contributed by atoms with Crippen LogP contribution in [0.3, 0.4) is 0 Å². The summed E-state index contributed by atoms with van der Waals surface area (Å²) in [7, 11) is 0. The van der Waals surface area contributed by atoms with Gasteiger partial charge in [0, 0.05) is 10.7 Å². The third-order valence-corrected chi connectivity index (χ3v) is 2.99. The summed E-state index contributed by atoms with van der Waals surface area (Å²) in [4.78, 5) is 11.3. The Hall–Kier alpha value is -1.84. The van der Waals surface area contributed by atoms with E-state index >= 15 is 0 Å². The first-order chi connectivity index (χ1) is 9.19. The molecule has 0 fully saturated rings. The number of anilines is 1. The summed E-state index contributed by atoms with van der Waals surface area (Å²) < 4.78 is 0. The van der Waals surface area contributed by atoms with Crippen molar-refractivity contribution >= 4 is 23.2 Å². The second kappa shape index (κ2) is 6.36. The van der Waals surface area contributed by atoms with Crippen LogP contribution in [0.2, 0.25) is 5.02 Å². The lowest BCUT2D eigenvalue weighted by Gasteiger charge is -2.10. The first-order valence-corrected chi connectivity index (χ1v) is 6.30. The quantitative estimate of drug-likeness (QED) is 0.901. The van der Waals surface area contributed by atoms with E-state index in [1.165, 1.54) is 0 Å². The number of hydrogen-bond donors (Lipinski definition) is 2. The monoisotopic (exact) mass is 275 g/mol. The van der Waals surface area contributed by atoms with Crippen LogP contribution in [0.5, 0.6) is 0 Å². The molecule has 1 amide bonds. The van der Waals surface area contributed by atoms with Crippen molar-refractivity contribution in [1.82, 2.24) is 0 Å². The van der Waals surface area contributed by atoms with E-state index in [1.807, 2.05) is 48.5 Å². The molecule has 2 aromatic rings. The van der Waals surface area contributed by atoms with E-state index in [0.717, 1.165) is 16.8 Å². The fourth-order valence-corrected chi connectivity index (χ4v) is 1.93. The van der Waals surface area contributed by atoms with Gasteiger partial charge in [-0.2, -0.15) is 0 Å². The largest absolute Gasteiger partial charge is 0.387 e. The summed E-state index contributed by atoms with van der Waals surface area (Å²) >= 11 is 5.85. The molecule has 0 aliphatic rings. The molecule has 0 saturated heterocycles. The molecule has 0 aliphatic carbocycles. The van der Waals surface area contributed by atoms with Crippen LogP contribution < -0.4 is 5.32 Å². The minimum atomic E-state index is -0.519. The van der Waals surface area contributed by atoms with Crippen molar-refractivity contribution in [2.45, 2.75) is 6.42 Å². The van der Waals surface area contributed by atoms with Crippen molar-refractivity contribution in [3.8, 4) is 0 Å². The normalized spacial score (nSPS) is 10.2. The van der Waals surface area contributed by atoms with Gasteiger partial charge in [-0.1, -0.05) is 41.9 Å². The highest BCUT2D eigenvalue weighted by molar-refractivity contribution is 6.30. The number of carbonyl (C=O) groups excluding carboxylic acids is 1. The zero-order chi connectivity index (χ0) is 13.7. The molecule has 0 heterocycles. The van der Waals surface area contributed by atoms with Crippen LogP contribution in [0.1, 0.15) is 11.1 Å². The van der Waals surface area contributed by atoms with E-state index in [2.05, 4.69) is 5.32 Å². The average molecular weight is 276 g/mol. The lowest BCUT2D eigenvalue weighted by Crippen LogP contribution is -2.16. The molecule has 2 rings (SSSR count). The summed E-state index contributed by atoms with van der Waals surface area (Å²) in [6.45, 7) is -0.519. The van der Waals surface area contributed by atoms with Crippen molar-refractivity contribution in [3.05, 3.63) is 64.7 Å². The van der Waals surface area contributed by atoms with E-state index < -0.39 is 12.5 Å². The minimum absolute atomic E-state index is 0.413. The molecule has 0 bridgehead atoms. The topological polar surface area (TPSA) is 49.3 Å². The maximum absolute atomic E-state index is 11.3. The van der Waals surface area contributed by atoms with Crippen molar-refractivity contribution < 1.29 is 9.90 Å². The number of halogens is 1. The molecule has 2 aromatic carbocycles. The van der Waals surface area contributed by atoms with Gasteiger partial charge in [0.1, 0.15) is 6.61 Å². The smallest absolute Gasteiger partial charge is 0.250 e. The molecule has 3 nitrogen and oxygen atoms in total. The number of carbonyl (C=O) groups is 1. The highest BCUT2D eigenvalue weighted by Gasteiger charge is 2.06. The lowest BCUT2D eigenvalue weighted by molar-refractivity contribution is -0.118. The molecule has 0 aliphatic heterocycles. The Bertz CT molecular complexity index is 567. The van der Waals surface area contributed by atoms with E-state index in [9.17, 15) is 4.79 Å². The summed E-state index contributed by atoms with van der Waals surface area (Å²) in [6.07, 6.45) is 0.694. The van der Waals surface area contributed by atoms with Gasteiger partial charge < -0.3 is 10.4 Å². The predicted octanol–water partition coefficient (Wildman–Crippen LogP) is 2.86. The van der Waals surface area contributed by atoms with E-state index in [4.69, 9.17) is 16.7 Å². The average Bonchev–Trinajstić information content (AvgIpc) is 2.43. The minimum Gasteiger partial charge on any atom is -0.387 e. The molecular weight excluding hydrogens is 262 g/mol. The van der Waals surface area contributed by atoms with E-state index in [0.29, 0.717) is 11.4 Å². The van der Waals surface area contributed by atoms with Crippen molar-refractivity contribution in [3.63, 3.8) is 0 Å². The zero-order valence-electron chi connectivity index (χ0n) is 10.3. The van der Waals surface area contributed by atoms with Gasteiger partial charge in [0.25, 0.3) is 0 Å². The van der Waals surface area contributed by atoms with Gasteiger partial charge in [0.15, 0.2) is 0 Å². The molecule has 4 heteroatoms. The lowest BCUT2D eigenvalue weighted by atomic mass is 10.0. The number of amides is 1. The summed E-state index contributed by atoms with van der Waals surface area (Å²) in [6, 6.07) is 15.1. The SMILES string of the molecule is O=C(CO)Nc1ccccc1Cc1ccc(Cl)cc1. The molecule has 0 spiro atoms. The third kappa shape index (κ3) is 3.81. The van der Waals surface area contributed by atoms with Gasteiger partial charge in [-0.05, 0) is 35.7 Å². The Morgan fingerprint density at radius 3 is 2.47 bits per heavy atom. The number of rotatable bonds is 4. The summed E-state index contributed by atoms with van der Waals surface area (Å²) in [5.74, 6) is -0.413. The van der Waals surface area contributed by atoms with Crippen LogP contribution >= 0.6 is 11.6 Å². The molecule has 98 valence electrons. The number of nitrogens with one attached hydrogen (secondary N) is 1. The molecule has 0 unspecified atom stereocenters. The van der Waals surface area contributed by atoms with Crippen LogP contribution in [0.4, 0.5) is 5.69 Å². The van der Waals surface area contributed by atoms with Crippen LogP contribution in [0.25, 0.3) is 0 Å². The predicted molar refractivity (Wildman–Crippen MR) is 76.4 cm³/mol. The molecule has 0 saturated carbocycles. The van der Waals surface area contributed by atoms with E-state index in [1.54, 1.807) is 0 Å². The zero-order valence-corrected chi connectivity index (χ0v) is 11.0. The van der Waals surface area contributed by atoms with Gasteiger partial charge in [-0.25, -0.2) is 0 Å². The van der Waals surface area contributed by atoms with Crippen molar-refractivity contribution in [2.75, 3.05) is 11.9 Å². The fourth-order valence-electron chi connectivity index (χ4n) is 1.81. The van der Waals surface area contributed by atoms with Gasteiger partial charge in [0.05, 0.1) is 0 Å². The molecule has 0 radical (unpaired) electrons. The van der Waals surface area contributed by atoms with Crippen molar-refractivity contribution in [2.24, 2.45) is 0 Å². The number of hydrogen-bond acceptors (Lipinski definition) is 2. The second-order valence-electron chi connectivity index (χ2n) is 4.17. The fraction of sp³-hybridized carbons (Fsp3) is 0.133. The Morgan fingerprint density at radius 1 is 1.11 bits per heavy atom. The number of aliphatic hydroxyl groups is 1. The maximum Gasteiger partial charge on any atom is 0.250 e. The number of aliphatic hydroxyl groups excluding tert-OH is 1. The number of para-hydroxylation sites is 1. The Balaban J connectivity index is 2.20. The Kier molecular flexibility index (Phi) is 4.55. The number of benzene rings is 2. The van der Waals surface area contributed by atoms with Crippen molar-refractivity contribution in [1.29, 1.82) is 0 Å². The van der Waals surface area contributed by atoms with Gasteiger partial charge >= 0.3 is 0 Å². The Labute approximate surface area is 116 Å². The van der Waals surface area contributed by atoms with Crippen LogP contribution in [-0.2, 0) is 11.2 Å². The molecule has 0 aromatic heterocycles. The van der Waals surface area contributed by atoms with Gasteiger partial charge in [0.2, 0.25) is 5.91 Å². The maximum atomic E-state index is 11.3. The van der Waals surface area contributed by atoms with Crippen LogP contribution in [-0.4, -0.2) is 17.6 Å². The van der Waals surface area contributed by atoms with Gasteiger partial charge in [-0.15, -0.1) is 0 Å². The van der Waals surface area contributed by atoms with E-state index in [-0.39, 0.29) is 0 Å². The first kappa shape index (κ1) is 13.6.